The second kappa shape index (κ2) is 6.95. The van der Waals surface area contributed by atoms with Crippen molar-refractivity contribution < 1.29 is 14.6 Å². The molecule has 4 heteroatoms. The van der Waals surface area contributed by atoms with Crippen molar-refractivity contribution in [1.82, 2.24) is 5.32 Å². The Kier molecular flexibility index (Phi) is 5.57. The van der Waals surface area contributed by atoms with Crippen molar-refractivity contribution in [3.05, 3.63) is 48.0 Å². The van der Waals surface area contributed by atoms with E-state index in [9.17, 15) is 9.90 Å². The highest BCUT2D eigenvalue weighted by Crippen LogP contribution is 2.14. The zero-order chi connectivity index (χ0) is 14.3. The van der Waals surface area contributed by atoms with Gasteiger partial charge < -0.3 is 15.2 Å². The highest BCUT2D eigenvalue weighted by Gasteiger charge is 2.26. The number of hydrogen-bond acceptors (Lipinski definition) is 3. The number of nitrogens with one attached hydrogen (secondary N) is 1. The standard InChI is InChI=1S/C15H21NO3/c1-12(2)9-15(3,11-17)16-14(18)19-10-13-7-5-4-6-8-13/h4-8,17H,1,9-11H2,2-3H3,(H,16,18)/t15-/m1/s1. The Bertz CT molecular complexity index is 430. The molecule has 1 atom stereocenters. The number of hydrogen-bond donors (Lipinski definition) is 2. The van der Waals surface area contributed by atoms with Crippen LogP contribution in [0.3, 0.4) is 0 Å². The van der Waals surface area contributed by atoms with Gasteiger partial charge in [-0.25, -0.2) is 4.79 Å². The van der Waals surface area contributed by atoms with Crippen molar-refractivity contribution >= 4 is 6.09 Å². The summed E-state index contributed by atoms with van der Waals surface area (Å²) in [6.45, 7) is 7.44. The topological polar surface area (TPSA) is 58.6 Å². The highest BCUT2D eigenvalue weighted by atomic mass is 16.5. The summed E-state index contributed by atoms with van der Waals surface area (Å²) in [5.74, 6) is 0. The summed E-state index contributed by atoms with van der Waals surface area (Å²) in [4.78, 5) is 11.7. The van der Waals surface area contributed by atoms with Crippen molar-refractivity contribution in [2.75, 3.05) is 6.61 Å². The van der Waals surface area contributed by atoms with Crippen molar-refractivity contribution in [2.45, 2.75) is 32.4 Å². The second-order valence-electron chi connectivity index (χ2n) is 5.04. The molecule has 19 heavy (non-hydrogen) atoms. The summed E-state index contributed by atoms with van der Waals surface area (Å²) in [5, 5.41) is 12.0. The van der Waals surface area contributed by atoms with E-state index in [1.54, 1.807) is 6.92 Å². The monoisotopic (exact) mass is 263 g/mol. The number of carbonyl (C=O) groups is 1. The molecule has 0 aromatic heterocycles. The molecule has 0 unspecified atom stereocenters. The van der Waals surface area contributed by atoms with Gasteiger partial charge in [0.2, 0.25) is 0 Å². The Hall–Kier alpha value is -1.81. The first-order chi connectivity index (χ1) is 8.95. The number of aliphatic hydroxyl groups excluding tert-OH is 1. The Balaban J connectivity index is 2.47. The van der Waals surface area contributed by atoms with Gasteiger partial charge in [0, 0.05) is 0 Å². The van der Waals surface area contributed by atoms with Crippen LogP contribution in [0.15, 0.2) is 42.5 Å². The minimum absolute atomic E-state index is 0.166. The number of benzene rings is 1. The van der Waals surface area contributed by atoms with Crippen LogP contribution in [-0.2, 0) is 11.3 Å². The number of ether oxygens (including phenoxy) is 1. The van der Waals surface area contributed by atoms with Gasteiger partial charge in [-0.1, -0.05) is 35.9 Å². The summed E-state index contributed by atoms with van der Waals surface area (Å²) in [6, 6.07) is 9.43. The van der Waals surface area contributed by atoms with E-state index in [2.05, 4.69) is 11.9 Å². The van der Waals surface area contributed by atoms with E-state index in [1.165, 1.54) is 0 Å². The van der Waals surface area contributed by atoms with Crippen LogP contribution in [-0.4, -0.2) is 23.3 Å². The first-order valence-corrected chi connectivity index (χ1v) is 6.19. The van der Waals surface area contributed by atoms with E-state index in [0.717, 1.165) is 11.1 Å². The number of amides is 1. The van der Waals surface area contributed by atoms with Gasteiger partial charge >= 0.3 is 6.09 Å². The van der Waals surface area contributed by atoms with Gasteiger partial charge in [-0.3, -0.25) is 0 Å². The van der Waals surface area contributed by atoms with Crippen LogP contribution in [0.2, 0.25) is 0 Å². The van der Waals surface area contributed by atoms with E-state index in [4.69, 9.17) is 4.74 Å². The molecule has 1 rings (SSSR count). The van der Waals surface area contributed by atoms with E-state index in [0.29, 0.717) is 6.42 Å². The summed E-state index contributed by atoms with van der Waals surface area (Å²) in [6.07, 6.45) is -0.0362. The number of carbonyl (C=O) groups excluding carboxylic acids is 1. The predicted molar refractivity (Wildman–Crippen MR) is 74.7 cm³/mol. The van der Waals surface area contributed by atoms with E-state index >= 15 is 0 Å². The molecule has 1 aromatic rings. The van der Waals surface area contributed by atoms with Crippen LogP contribution in [0.4, 0.5) is 4.79 Å². The lowest BCUT2D eigenvalue weighted by Gasteiger charge is -2.28. The molecule has 104 valence electrons. The molecule has 0 aliphatic carbocycles. The number of aliphatic hydroxyl groups is 1. The Morgan fingerprint density at radius 2 is 2.05 bits per heavy atom. The van der Waals surface area contributed by atoms with Crippen molar-refractivity contribution in [3.8, 4) is 0 Å². The molecule has 2 N–H and O–H groups in total. The predicted octanol–water partition coefficient (Wildman–Crippen LogP) is 2.63. The smallest absolute Gasteiger partial charge is 0.407 e. The van der Waals surface area contributed by atoms with Crippen molar-refractivity contribution in [1.29, 1.82) is 0 Å². The largest absolute Gasteiger partial charge is 0.445 e. The van der Waals surface area contributed by atoms with Crippen molar-refractivity contribution in [2.24, 2.45) is 0 Å². The molecule has 4 nitrogen and oxygen atoms in total. The van der Waals surface area contributed by atoms with Gasteiger partial charge in [-0.05, 0) is 25.8 Å². The SMILES string of the molecule is C=C(C)C[C@](C)(CO)NC(=O)OCc1ccccc1. The molecule has 0 heterocycles. The fraction of sp³-hybridized carbons (Fsp3) is 0.400. The lowest BCUT2D eigenvalue weighted by atomic mass is 9.95. The van der Waals surface area contributed by atoms with Gasteiger partial charge in [0.05, 0.1) is 12.1 Å². The van der Waals surface area contributed by atoms with Crippen LogP contribution in [0.25, 0.3) is 0 Å². The molecule has 0 spiro atoms. The molecule has 0 aliphatic heterocycles. The summed E-state index contributed by atoms with van der Waals surface area (Å²) >= 11 is 0. The third-order valence-corrected chi connectivity index (χ3v) is 2.66. The van der Waals surface area contributed by atoms with Crippen LogP contribution in [0.1, 0.15) is 25.8 Å². The lowest BCUT2D eigenvalue weighted by molar-refractivity contribution is 0.111. The zero-order valence-electron chi connectivity index (χ0n) is 11.5. The number of rotatable bonds is 6. The minimum atomic E-state index is -0.737. The minimum Gasteiger partial charge on any atom is -0.445 e. The fourth-order valence-electron chi connectivity index (χ4n) is 1.81. The zero-order valence-corrected chi connectivity index (χ0v) is 11.5. The van der Waals surface area contributed by atoms with Crippen LogP contribution < -0.4 is 5.32 Å². The van der Waals surface area contributed by atoms with Crippen LogP contribution in [0, 0.1) is 0 Å². The third kappa shape index (κ3) is 5.57. The highest BCUT2D eigenvalue weighted by molar-refractivity contribution is 5.68. The molecular weight excluding hydrogens is 242 g/mol. The summed E-state index contributed by atoms with van der Waals surface area (Å²) in [5.41, 5.74) is 1.07. The summed E-state index contributed by atoms with van der Waals surface area (Å²) < 4.78 is 5.12. The van der Waals surface area contributed by atoms with E-state index in [1.807, 2.05) is 37.3 Å². The van der Waals surface area contributed by atoms with Gasteiger partial charge in [-0.15, -0.1) is 6.58 Å². The average molecular weight is 263 g/mol. The Labute approximate surface area is 114 Å². The van der Waals surface area contributed by atoms with Crippen molar-refractivity contribution in [3.63, 3.8) is 0 Å². The van der Waals surface area contributed by atoms with Crippen LogP contribution in [0.5, 0.6) is 0 Å². The quantitative estimate of drug-likeness (QED) is 0.776. The average Bonchev–Trinajstić information content (AvgIpc) is 2.36. The maximum Gasteiger partial charge on any atom is 0.407 e. The van der Waals surface area contributed by atoms with Gasteiger partial charge in [0.15, 0.2) is 0 Å². The van der Waals surface area contributed by atoms with E-state index < -0.39 is 11.6 Å². The summed E-state index contributed by atoms with van der Waals surface area (Å²) in [7, 11) is 0. The molecule has 0 aliphatic rings. The molecule has 0 saturated heterocycles. The molecule has 0 saturated carbocycles. The molecule has 0 bridgehead atoms. The van der Waals surface area contributed by atoms with Gasteiger partial charge in [0.1, 0.15) is 6.61 Å². The lowest BCUT2D eigenvalue weighted by Crippen LogP contribution is -2.49. The van der Waals surface area contributed by atoms with Gasteiger partial charge in [-0.2, -0.15) is 0 Å². The molecule has 1 aromatic carbocycles. The Morgan fingerprint density at radius 3 is 2.58 bits per heavy atom. The molecule has 0 radical (unpaired) electrons. The fourth-order valence-corrected chi connectivity index (χ4v) is 1.81. The Morgan fingerprint density at radius 1 is 1.42 bits per heavy atom. The molecule has 1 amide bonds. The van der Waals surface area contributed by atoms with Crippen LogP contribution >= 0.6 is 0 Å². The second-order valence-corrected chi connectivity index (χ2v) is 5.04. The normalized spacial score (nSPS) is 13.4. The molecular formula is C15H21NO3. The molecule has 0 fully saturated rings. The maximum absolute atomic E-state index is 11.7. The first-order valence-electron chi connectivity index (χ1n) is 6.19. The number of alkyl carbamates (subject to hydrolysis) is 1. The van der Waals surface area contributed by atoms with Gasteiger partial charge in [0.25, 0.3) is 0 Å². The third-order valence-electron chi connectivity index (χ3n) is 2.66. The first kappa shape index (κ1) is 15.2. The maximum atomic E-state index is 11.7. The van der Waals surface area contributed by atoms with E-state index in [-0.39, 0.29) is 13.2 Å².